The number of hydrogen-bond donors (Lipinski definition) is 0. The zero-order valence-electron chi connectivity index (χ0n) is 23.3. The molecule has 0 fully saturated rings. The number of hydrogen-bond acceptors (Lipinski definition) is 1. The summed E-state index contributed by atoms with van der Waals surface area (Å²) in [6.07, 6.45) is 0. The van der Waals surface area contributed by atoms with Crippen LogP contribution >= 0.6 is 11.3 Å². The van der Waals surface area contributed by atoms with Crippen molar-refractivity contribution in [3.05, 3.63) is 132 Å². The SMILES string of the molecule is CC1(C)c2ccc3sc4ccc(cc4c3c2)-n2c3ccccc3c3ccc(cc32)-n2c3ccccc3c3ccc1cc32. The van der Waals surface area contributed by atoms with E-state index in [1.807, 2.05) is 11.3 Å². The second kappa shape index (κ2) is 7.70. The number of thiophene rings is 1. The van der Waals surface area contributed by atoms with Crippen LogP contribution in [0.1, 0.15) is 25.0 Å². The largest absolute Gasteiger partial charge is 0.309 e. The molecule has 1 aliphatic rings. The Kier molecular flexibility index (Phi) is 4.18. The van der Waals surface area contributed by atoms with Crippen molar-refractivity contribution in [3.8, 4) is 11.4 Å². The lowest BCUT2D eigenvalue weighted by atomic mass is 9.77. The topological polar surface area (TPSA) is 9.86 Å². The molecular weight excluding hydrogens is 529 g/mol. The van der Waals surface area contributed by atoms with Gasteiger partial charge in [-0.2, -0.15) is 0 Å². The van der Waals surface area contributed by atoms with Crippen molar-refractivity contribution >= 4 is 75.1 Å². The number of fused-ring (bicyclic) bond motifs is 12. The van der Waals surface area contributed by atoms with E-state index >= 15 is 0 Å². The van der Waals surface area contributed by atoms with E-state index in [-0.39, 0.29) is 5.41 Å². The van der Waals surface area contributed by atoms with Gasteiger partial charge in [0.05, 0.1) is 22.1 Å². The smallest absolute Gasteiger partial charge is 0.0561 e. The van der Waals surface area contributed by atoms with E-state index in [9.17, 15) is 0 Å². The summed E-state index contributed by atoms with van der Waals surface area (Å²) in [4.78, 5) is 0. The third-order valence-corrected chi connectivity index (χ3v) is 10.9. The van der Waals surface area contributed by atoms with Crippen LogP contribution in [-0.2, 0) is 5.41 Å². The predicted octanol–water partition coefficient (Wildman–Crippen LogP) is 10.9. The van der Waals surface area contributed by atoms with Gasteiger partial charge in [0.2, 0.25) is 0 Å². The van der Waals surface area contributed by atoms with Crippen LogP contribution in [0, 0.1) is 0 Å². The van der Waals surface area contributed by atoms with Crippen LogP contribution < -0.4 is 0 Å². The summed E-state index contributed by atoms with van der Waals surface area (Å²) in [5.41, 5.74) is 9.83. The molecule has 6 aromatic carbocycles. The molecule has 3 aromatic heterocycles. The van der Waals surface area contributed by atoms with Crippen molar-refractivity contribution in [3.63, 3.8) is 0 Å². The Bertz CT molecular complexity index is 2610. The maximum atomic E-state index is 2.47. The van der Waals surface area contributed by atoms with Crippen LogP contribution in [0.3, 0.4) is 0 Å². The molecule has 0 spiro atoms. The van der Waals surface area contributed by atoms with Crippen LogP contribution in [-0.4, -0.2) is 9.13 Å². The molecule has 0 aliphatic carbocycles. The zero-order chi connectivity index (χ0) is 27.7. The fourth-order valence-corrected chi connectivity index (χ4v) is 8.54. The summed E-state index contributed by atoms with van der Waals surface area (Å²) >= 11 is 1.89. The van der Waals surface area contributed by atoms with E-state index in [1.165, 1.54) is 86.3 Å². The third-order valence-electron chi connectivity index (χ3n) is 9.74. The van der Waals surface area contributed by atoms with Gasteiger partial charge in [0.1, 0.15) is 0 Å². The van der Waals surface area contributed by atoms with E-state index in [1.54, 1.807) is 0 Å². The van der Waals surface area contributed by atoms with Crippen LogP contribution in [0.5, 0.6) is 0 Å². The highest BCUT2D eigenvalue weighted by Gasteiger charge is 2.26. The van der Waals surface area contributed by atoms with Gasteiger partial charge in [0.25, 0.3) is 0 Å². The van der Waals surface area contributed by atoms with Gasteiger partial charge in [-0.15, -0.1) is 11.3 Å². The summed E-state index contributed by atoms with van der Waals surface area (Å²) in [5.74, 6) is 0. The molecule has 0 saturated carbocycles. The molecule has 4 heterocycles. The summed E-state index contributed by atoms with van der Waals surface area (Å²) in [7, 11) is 0. The minimum atomic E-state index is -0.166. The number of aromatic nitrogens is 2. The molecule has 0 unspecified atom stereocenters. The first kappa shape index (κ1) is 22.8. The molecule has 3 heteroatoms. The number of para-hydroxylation sites is 2. The van der Waals surface area contributed by atoms with E-state index in [0.29, 0.717) is 0 Å². The van der Waals surface area contributed by atoms with Crippen LogP contribution in [0.15, 0.2) is 121 Å². The van der Waals surface area contributed by atoms with Crippen LogP contribution in [0.2, 0.25) is 0 Å². The summed E-state index contributed by atoms with van der Waals surface area (Å²) in [5, 5.41) is 7.80. The quantitative estimate of drug-likeness (QED) is 0.176. The molecule has 0 atom stereocenters. The molecule has 0 amide bonds. The normalized spacial score (nSPS) is 14.1. The predicted molar refractivity (Wildman–Crippen MR) is 180 cm³/mol. The van der Waals surface area contributed by atoms with Gasteiger partial charge in [-0.25, -0.2) is 0 Å². The lowest BCUT2D eigenvalue weighted by molar-refractivity contribution is 0.642. The molecule has 1 aliphatic heterocycles. The Labute approximate surface area is 246 Å². The molecule has 10 rings (SSSR count). The average molecular weight is 555 g/mol. The molecule has 42 heavy (non-hydrogen) atoms. The van der Waals surface area contributed by atoms with Gasteiger partial charge in [0.15, 0.2) is 0 Å². The Morgan fingerprint density at radius 2 is 0.929 bits per heavy atom. The fraction of sp³-hybridized carbons (Fsp3) is 0.0769. The van der Waals surface area contributed by atoms with Crippen LogP contribution in [0.25, 0.3) is 75.2 Å². The second-order valence-electron chi connectivity index (χ2n) is 12.3. The van der Waals surface area contributed by atoms with Crippen molar-refractivity contribution in [1.82, 2.24) is 9.13 Å². The Balaban J connectivity index is 1.46. The van der Waals surface area contributed by atoms with E-state index in [0.717, 1.165) is 0 Å². The van der Waals surface area contributed by atoms with Gasteiger partial charge in [0, 0.05) is 58.5 Å². The van der Waals surface area contributed by atoms with E-state index in [2.05, 4.69) is 144 Å². The Hall–Kier alpha value is -4.86. The number of rotatable bonds is 0. The van der Waals surface area contributed by atoms with Gasteiger partial charge < -0.3 is 9.13 Å². The molecule has 198 valence electrons. The lowest BCUT2D eigenvalue weighted by Gasteiger charge is -2.26. The second-order valence-corrected chi connectivity index (χ2v) is 13.3. The van der Waals surface area contributed by atoms with Crippen molar-refractivity contribution in [1.29, 1.82) is 0 Å². The minimum absolute atomic E-state index is 0.166. The summed E-state index contributed by atoms with van der Waals surface area (Å²) in [6, 6.07) is 45.9. The molecule has 0 radical (unpaired) electrons. The average Bonchev–Trinajstić information content (AvgIpc) is 3.66. The summed E-state index contributed by atoms with van der Waals surface area (Å²) in [6.45, 7) is 4.73. The Morgan fingerprint density at radius 1 is 0.429 bits per heavy atom. The molecule has 2 nitrogen and oxygen atoms in total. The molecule has 8 bridgehead atoms. The third kappa shape index (κ3) is 2.79. The van der Waals surface area contributed by atoms with Crippen LogP contribution in [0.4, 0.5) is 0 Å². The summed E-state index contributed by atoms with van der Waals surface area (Å²) < 4.78 is 7.60. The van der Waals surface area contributed by atoms with E-state index in [4.69, 9.17) is 0 Å². The maximum Gasteiger partial charge on any atom is 0.0561 e. The van der Waals surface area contributed by atoms with Crippen molar-refractivity contribution < 1.29 is 0 Å². The number of benzene rings is 6. The van der Waals surface area contributed by atoms with Gasteiger partial charge in [-0.05, 0) is 71.8 Å². The Morgan fingerprint density at radius 3 is 1.67 bits per heavy atom. The van der Waals surface area contributed by atoms with Gasteiger partial charge >= 0.3 is 0 Å². The highest BCUT2D eigenvalue weighted by molar-refractivity contribution is 7.25. The fourth-order valence-electron chi connectivity index (χ4n) is 7.47. The standard InChI is InChI=1S/C39H26N2S/c1-39(2)23-12-17-37-31(19-23)32-21-25(14-18-38(32)42-37)40-33-9-5-4-8-28(33)30-16-13-26(22-36(30)40)41-34-10-6-3-7-27(34)29-15-11-24(39)20-35(29)41/h3-22H,1-2H3. The zero-order valence-corrected chi connectivity index (χ0v) is 24.2. The van der Waals surface area contributed by atoms with Crippen molar-refractivity contribution in [2.75, 3.05) is 0 Å². The molecule has 0 saturated heterocycles. The lowest BCUT2D eigenvalue weighted by Crippen LogP contribution is -2.18. The number of nitrogens with zero attached hydrogens (tertiary/aromatic N) is 2. The maximum absolute atomic E-state index is 2.47. The van der Waals surface area contributed by atoms with Crippen molar-refractivity contribution in [2.24, 2.45) is 0 Å². The van der Waals surface area contributed by atoms with E-state index < -0.39 is 0 Å². The monoisotopic (exact) mass is 554 g/mol. The molecule has 9 aromatic rings. The first-order chi connectivity index (χ1) is 20.6. The highest BCUT2D eigenvalue weighted by Crippen LogP contribution is 2.43. The van der Waals surface area contributed by atoms with Gasteiger partial charge in [-0.3, -0.25) is 0 Å². The van der Waals surface area contributed by atoms with Gasteiger partial charge in [-0.1, -0.05) is 74.5 Å². The first-order valence-electron chi connectivity index (χ1n) is 14.6. The van der Waals surface area contributed by atoms with Crippen molar-refractivity contribution in [2.45, 2.75) is 19.3 Å². The minimum Gasteiger partial charge on any atom is -0.309 e. The molecular formula is C39H26N2S. The first-order valence-corrected chi connectivity index (χ1v) is 15.4. The molecule has 0 N–H and O–H groups in total. The highest BCUT2D eigenvalue weighted by atomic mass is 32.1.